The number of halogens is 2. The Kier molecular flexibility index (Phi) is 5.36. The zero-order valence-electron chi connectivity index (χ0n) is 18.8. The van der Waals surface area contributed by atoms with Crippen LogP contribution in [0.2, 0.25) is 0 Å². The number of ether oxygens (including phenoxy) is 1. The second kappa shape index (κ2) is 8.56. The smallest absolute Gasteiger partial charge is 0.258 e. The summed E-state index contributed by atoms with van der Waals surface area (Å²) in [7, 11) is 0. The molecule has 2 aromatic rings. The largest absolute Gasteiger partial charge is 0.374 e. The number of nitrogens with one attached hydrogen (secondary N) is 3. The lowest BCUT2D eigenvalue weighted by Gasteiger charge is -2.27. The molecule has 2 atom stereocenters. The Bertz CT molecular complexity index is 1250. The number of guanidine groups is 1. The van der Waals surface area contributed by atoms with E-state index >= 15 is 8.78 Å². The van der Waals surface area contributed by atoms with Gasteiger partial charge in [0.1, 0.15) is 5.82 Å². The molecule has 2 saturated heterocycles. The van der Waals surface area contributed by atoms with Crippen LogP contribution in [-0.2, 0) is 4.74 Å². The molecule has 2 amide bonds. The van der Waals surface area contributed by atoms with Crippen molar-refractivity contribution in [1.29, 1.82) is 0 Å². The van der Waals surface area contributed by atoms with Crippen molar-refractivity contribution >= 4 is 29.3 Å². The molecule has 1 saturated carbocycles. The van der Waals surface area contributed by atoms with Gasteiger partial charge in [0.2, 0.25) is 0 Å². The number of fused-ring (bicyclic) bond motifs is 2. The van der Waals surface area contributed by atoms with Crippen molar-refractivity contribution in [3.05, 3.63) is 52.7 Å². The Morgan fingerprint density at radius 2 is 2.09 bits per heavy atom. The van der Waals surface area contributed by atoms with E-state index in [4.69, 9.17) is 4.74 Å². The summed E-state index contributed by atoms with van der Waals surface area (Å²) in [6.45, 7) is 2.08. The SMILES string of the molecule is O=C(NC1=NCCN1)c1cc(F)c(Nc2nccc(C(=O)N3C[C@@H]4C[C@H]3CO4)c2F)c(C2CC2)c1. The molecule has 4 heterocycles. The van der Waals surface area contributed by atoms with Gasteiger partial charge in [-0.2, -0.15) is 0 Å². The average molecular weight is 482 g/mol. The second-order valence-electron chi connectivity index (χ2n) is 9.26. The van der Waals surface area contributed by atoms with Gasteiger partial charge >= 0.3 is 0 Å². The Morgan fingerprint density at radius 1 is 1.23 bits per heavy atom. The van der Waals surface area contributed by atoms with Gasteiger partial charge in [-0.15, -0.1) is 0 Å². The van der Waals surface area contributed by atoms with Crippen LogP contribution in [0.4, 0.5) is 20.3 Å². The Balaban J connectivity index is 1.27. The quantitative estimate of drug-likeness (QED) is 0.604. The molecule has 11 heteroatoms. The minimum Gasteiger partial charge on any atom is -0.374 e. The number of aromatic nitrogens is 1. The zero-order valence-corrected chi connectivity index (χ0v) is 18.8. The molecule has 0 spiro atoms. The van der Waals surface area contributed by atoms with Crippen molar-refractivity contribution in [3.8, 4) is 0 Å². The number of aliphatic imine (C=N–C) groups is 1. The highest BCUT2D eigenvalue weighted by Crippen LogP contribution is 2.45. The topological polar surface area (TPSA) is 108 Å². The molecular formula is C24H24F2N6O3. The van der Waals surface area contributed by atoms with Crippen molar-refractivity contribution in [2.45, 2.75) is 37.3 Å². The van der Waals surface area contributed by atoms with Gasteiger partial charge in [-0.3, -0.25) is 19.9 Å². The van der Waals surface area contributed by atoms with E-state index in [0.717, 1.165) is 25.3 Å². The molecule has 0 unspecified atom stereocenters. The third-order valence-electron chi connectivity index (χ3n) is 6.83. The van der Waals surface area contributed by atoms with Gasteiger partial charge in [0, 0.05) is 24.8 Å². The molecule has 182 valence electrons. The molecule has 3 N–H and O–H groups in total. The van der Waals surface area contributed by atoms with Crippen LogP contribution in [0, 0.1) is 11.6 Å². The number of amides is 2. The van der Waals surface area contributed by atoms with E-state index < -0.39 is 23.4 Å². The summed E-state index contributed by atoms with van der Waals surface area (Å²) in [5, 5.41) is 8.34. The number of anilines is 2. The fourth-order valence-electron chi connectivity index (χ4n) is 4.89. The number of carbonyl (C=O) groups excluding carboxylic acids is 2. The van der Waals surface area contributed by atoms with Crippen molar-refractivity contribution in [2.24, 2.45) is 4.99 Å². The minimum atomic E-state index is -0.838. The van der Waals surface area contributed by atoms with Crippen LogP contribution >= 0.6 is 0 Å². The molecule has 1 aliphatic carbocycles. The van der Waals surface area contributed by atoms with Gasteiger partial charge in [0.25, 0.3) is 11.8 Å². The number of carbonyl (C=O) groups is 2. The molecule has 4 aliphatic rings. The van der Waals surface area contributed by atoms with Crippen molar-refractivity contribution in [3.63, 3.8) is 0 Å². The van der Waals surface area contributed by atoms with Crippen LogP contribution in [0.3, 0.4) is 0 Å². The molecule has 9 nitrogen and oxygen atoms in total. The number of hydrogen-bond acceptors (Lipinski definition) is 7. The number of morpholine rings is 1. The lowest BCUT2D eigenvalue weighted by molar-refractivity contribution is 0.0256. The third kappa shape index (κ3) is 4.09. The fraction of sp³-hybridized carbons (Fsp3) is 0.417. The van der Waals surface area contributed by atoms with Crippen LogP contribution in [0.1, 0.15) is 51.5 Å². The summed E-state index contributed by atoms with van der Waals surface area (Å²) in [6.07, 6.45) is 3.75. The number of pyridine rings is 1. The molecule has 1 aromatic carbocycles. The summed E-state index contributed by atoms with van der Waals surface area (Å²) < 4.78 is 36.2. The minimum absolute atomic E-state index is 0.00567. The van der Waals surface area contributed by atoms with Crippen LogP contribution in [0.5, 0.6) is 0 Å². The highest BCUT2D eigenvalue weighted by molar-refractivity contribution is 6.06. The van der Waals surface area contributed by atoms with E-state index in [1.165, 1.54) is 12.3 Å². The summed E-state index contributed by atoms with van der Waals surface area (Å²) in [6, 6.07) is 4.00. The molecule has 35 heavy (non-hydrogen) atoms. The van der Waals surface area contributed by atoms with Crippen LogP contribution in [0.25, 0.3) is 0 Å². The van der Waals surface area contributed by atoms with E-state index in [0.29, 0.717) is 37.8 Å². The van der Waals surface area contributed by atoms with Crippen molar-refractivity contribution < 1.29 is 23.1 Å². The molecule has 3 aliphatic heterocycles. The highest BCUT2D eigenvalue weighted by Gasteiger charge is 2.42. The van der Waals surface area contributed by atoms with Crippen molar-refractivity contribution in [2.75, 3.05) is 31.6 Å². The first-order valence-electron chi connectivity index (χ1n) is 11.7. The monoisotopic (exact) mass is 482 g/mol. The first kappa shape index (κ1) is 21.9. The first-order valence-corrected chi connectivity index (χ1v) is 11.7. The molecule has 2 bridgehead atoms. The predicted octanol–water partition coefficient (Wildman–Crippen LogP) is 2.28. The Labute approximate surface area is 200 Å². The van der Waals surface area contributed by atoms with Gasteiger partial charge in [-0.05, 0) is 48.9 Å². The average Bonchev–Trinajstić information content (AvgIpc) is 3.20. The van der Waals surface area contributed by atoms with Gasteiger partial charge < -0.3 is 20.3 Å². The third-order valence-corrected chi connectivity index (χ3v) is 6.83. The highest BCUT2D eigenvalue weighted by atomic mass is 19.1. The Morgan fingerprint density at radius 3 is 2.77 bits per heavy atom. The maximum atomic E-state index is 15.4. The van der Waals surface area contributed by atoms with E-state index in [1.54, 1.807) is 11.0 Å². The molecule has 1 aromatic heterocycles. The van der Waals surface area contributed by atoms with E-state index in [9.17, 15) is 9.59 Å². The van der Waals surface area contributed by atoms with Crippen molar-refractivity contribution in [1.82, 2.24) is 20.5 Å². The molecule has 0 radical (unpaired) electrons. The van der Waals surface area contributed by atoms with E-state index in [2.05, 4.69) is 25.9 Å². The van der Waals surface area contributed by atoms with Gasteiger partial charge in [0.05, 0.1) is 36.5 Å². The molecule has 6 rings (SSSR count). The lowest BCUT2D eigenvalue weighted by Crippen LogP contribution is -2.41. The summed E-state index contributed by atoms with van der Waals surface area (Å²) in [5.74, 6) is -2.28. The number of nitrogens with zero attached hydrogens (tertiary/aromatic N) is 3. The zero-order chi connectivity index (χ0) is 24.1. The number of rotatable bonds is 5. The standard InChI is InChI=1S/C24H24F2N6O3/c25-18-8-13(22(33)31-24-28-5-6-29-24)7-17(12-1-2-12)20(18)30-21-19(26)16(3-4-27-21)23(34)32-10-15-9-14(32)11-35-15/h3-4,7-8,12,14-15H,1-2,5-6,9-11H2,(H,27,30)(H2,28,29,31,33)/t14-,15-/m0/s1. The number of likely N-dealkylation sites (tertiary alicyclic amines) is 1. The normalized spacial score (nSPS) is 22.7. The maximum absolute atomic E-state index is 15.4. The molecule has 3 fully saturated rings. The van der Waals surface area contributed by atoms with Crippen LogP contribution in [-0.4, -0.2) is 66.0 Å². The summed E-state index contributed by atoms with van der Waals surface area (Å²) in [5.41, 5.74) is 0.660. The van der Waals surface area contributed by atoms with E-state index in [1.807, 2.05) is 0 Å². The van der Waals surface area contributed by atoms with Crippen LogP contribution < -0.4 is 16.0 Å². The summed E-state index contributed by atoms with van der Waals surface area (Å²) >= 11 is 0. The van der Waals surface area contributed by atoms with Gasteiger partial charge in [-0.1, -0.05) is 0 Å². The summed E-state index contributed by atoms with van der Waals surface area (Å²) in [4.78, 5) is 35.4. The van der Waals surface area contributed by atoms with Gasteiger partial charge in [0.15, 0.2) is 17.6 Å². The van der Waals surface area contributed by atoms with Crippen LogP contribution in [0.15, 0.2) is 29.4 Å². The fourth-order valence-corrected chi connectivity index (χ4v) is 4.89. The van der Waals surface area contributed by atoms with Gasteiger partial charge in [-0.25, -0.2) is 13.8 Å². The van der Waals surface area contributed by atoms with E-state index in [-0.39, 0.29) is 40.7 Å². The maximum Gasteiger partial charge on any atom is 0.258 e. The predicted molar refractivity (Wildman–Crippen MR) is 123 cm³/mol. The number of hydrogen-bond donors (Lipinski definition) is 3. The second-order valence-corrected chi connectivity index (χ2v) is 9.26. The first-order chi connectivity index (χ1) is 17.0. The lowest BCUT2D eigenvalue weighted by atomic mass is 10.0. The molecular weight excluding hydrogens is 458 g/mol. The Hall–Kier alpha value is -3.60. The number of benzene rings is 1.